The van der Waals surface area contributed by atoms with Crippen molar-refractivity contribution in [1.29, 1.82) is 0 Å². The summed E-state index contributed by atoms with van der Waals surface area (Å²) in [7, 11) is 1.35. The molecule has 2 heterocycles. The highest BCUT2D eigenvalue weighted by atomic mass is 32.2. The number of hydrogen-bond acceptors (Lipinski definition) is 7. The monoisotopic (exact) mass is 284 g/mol. The molecule has 0 radical (unpaired) electrons. The van der Waals surface area contributed by atoms with Crippen molar-refractivity contribution >= 4 is 29.1 Å². The number of hydrogen-bond donors (Lipinski definition) is 0. The van der Waals surface area contributed by atoms with Gasteiger partial charge in [0.05, 0.1) is 12.9 Å². The zero-order valence-electron chi connectivity index (χ0n) is 10.2. The summed E-state index contributed by atoms with van der Waals surface area (Å²) in [6.07, 6.45) is 0. The largest absolute Gasteiger partial charge is 0.465 e. The van der Waals surface area contributed by atoms with Gasteiger partial charge in [-0.15, -0.1) is 10.2 Å². The van der Waals surface area contributed by atoms with Crippen molar-refractivity contribution in [3.63, 3.8) is 0 Å². The van der Waals surface area contributed by atoms with Gasteiger partial charge in [0.1, 0.15) is 22.1 Å². The van der Waals surface area contributed by atoms with E-state index in [1.54, 1.807) is 13.0 Å². The van der Waals surface area contributed by atoms with Crippen LogP contribution >= 0.6 is 23.1 Å². The molecule has 0 aliphatic carbocycles. The number of esters is 1. The van der Waals surface area contributed by atoms with E-state index in [1.807, 2.05) is 6.92 Å². The molecule has 0 N–H and O–H groups in total. The van der Waals surface area contributed by atoms with Crippen LogP contribution in [0.3, 0.4) is 0 Å². The Labute approximate surface area is 113 Å². The van der Waals surface area contributed by atoms with Crippen LogP contribution in [0.2, 0.25) is 0 Å². The molecule has 0 amide bonds. The second-order valence-electron chi connectivity index (χ2n) is 3.55. The van der Waals surface area contributed by atoms with Crippen molar-refractivity contribution in [1.82, 2.24) is 10.2 Å². The Hall–Kier alpha value is -1.34. The Morgan fingerprint density at radius 2 is 2.28 bits per heavy atom. The fourth-order valence-electron chi connectivity index (χ4n) is 1.40. The third kappa shape index (κ3) is 2.91. The number of carbonyl (C=O) groups is 1. The van der Waals surface area contributed by atoms with Gasteiger partial charge in [-0.2, -0.15) is 0 Å². The molecule has 0 aliphatic heterocycles. The quantitative estimate of drug-likeness (QED) is 0.635. The van der Waals surface area contributed by atoms with Gasteiger partial charge in [0.25, 0.3) is 0 Å². The standard InChI is InChI=1S/C11H12N2O3S2/c1-6-9(10(14)15-3)4-8(16-6)5-17-11-13-12-7(2)18-11/h4H,5H2,1-3H3. The molecule has 0 saturated carbocycles. The van der Waals surface area contributed by atoms with Gasteiger partial charge in [0.2, 0.25) is 0 Å². The van der Waals surface area contributed by atoms with Gasteiger partial charge in [-0.1, -0.05) is 23.1 Å². The summed E-state index contributed by atoms with van der Waals surface area (Å²) in [4.78, 5) is 11.4. The smallest absolute Gasteiger partial charge is 0.341 e. The van der Waals surface area contributed by atoms with Gasteiger partial charge < -0.3 is 9.15 Å². The maximum Gasteiger partial charge on any atom is 0.341 e. The van der Waals surface area contributed by atoms with Crippen LogP contribution in [-0.2, 0) is 10.5 Å². The number of aromatic nitrogens is 2. The minimum Gasteiger partial charge on any atom is -0.465 e. The number of carbonyl (C=O) groups excluding carboxylic acids is 1. The number of ether oxygens (including phenoxy) is 1. The van der Waals surface area contributed by atoms with Crippen molar-refractivity contribution in [2.45, 2.75) is 23.9 Å². The average Bonchev–Trinajstić information content (AvgIpc) is 2.92. The normalized spacial score (nSPS) is 10.6. The summed E-state index contributed by atoms with van der Waals surface area (Å²) in [5, 5.41) is 8.88. The number of methoxy groups -OCH3 is 1. The predicted molar refractivity (Wildman–Crippen MR) is 69.0 cm³/mol. The zero-order chi connectivity index (χ0) is 13.1. The van der Waals surface area contributed by atoms with E-state index in [1.165, 1.54) is 30.2 Å². The summed E-state index contributed by atoms with van der Waals surface area (Å²) in [6.45, 7) is 3.66. The highest BCUT2D eigenvalue weighted by Gasteiger charge is 2.15. The van der Waals surface area contributed by atoms with Crippen molar-refractivity contribution in [3.05, 3.63) is 28.2 Å². The SMILES string of the molecule is COC(=O)c1cc(CSc2nnc(C)s2)oc1C. The van der Waals surface area contributed by atoms with Crippen LogP contribution in [-0.4, -0.2) is 23.3 Å². The van der Waals surface area contributed by atoms with Gasteiger partial charge in [-0.3, -0.25) is 0 Å². The lowest BCUT2D eigenvalue weighted by Crippen LogP contribution is -2.00. The molecule has 2 rings (SSSR count). The first-order valence-electron chi connectivity index (χ1n) is 5.20. The molecule has 0 bridgehead atoms. The molecule has 0 saturated heterocycles. The maximum absolute atomic E-state index is 11.4. The van der Waals surface area contributed by atoms with Crippen LogP contribution in [0.1, 0.15) is 26.9 Å². The predicted octanol–water partition coefficient (Wildman–Crippen LogP) is 2.83. The first-order valence-corrected chi connectivity index (χ1v) is 7.01. The first kappa shape index (κ1) is 13.1. The summed E-state index contributed by atoms with van der Waals surface area (Å²) in [5.41, 5.74) is 0.474. The molecule has 0 atom stereocenters. The minimum absolute atomic E-state index is 0.376. The van der Waals surface area contributed by atoms with Crippen molar-refractivity contribution in [3.8, 4) is 0 Å². The van der Waals surface area contributed by atoms with Gasteiger partial charge in [0.15, 0.2) is 4.34 Å². The van der Waals surface area contributed by atoms with E-state index >= 15 is 0 Å². The van der Waals surface area contributed by atoms with Gasteiger partial charge in [-0.05, 0) is 19.9 Å². The van der Waals surface area contributed by atoms with E-state index in [2.05, 4.69) is 14.9 Å². The first-order chi connectivity index (χ1) is 8.60. The third-order valence-electron chi connectivity index (χ3n) is 2.22. The summed E-state index contributed by atoms with van der Waals surface area (Å²) in [5.74, 6) is 1.54. The number of thioether (sulfide) groups is 1. The van der Waals surface area contributed by atoms with Crippen LogP contribution in [0.4, 0.5) is 0 Å². The molecule has 5 nitrogen and oxygen atoms in total. The zero-order valence-corrected chi connectivity index (χ0v) is 11.9. The Morgan fingerprint density at radius 3 is 2.89 bits per heavy atom. The van der Waals surface area contributed by atoms with E-state index in [4.69, 9.17) is 4.42 Å². The van der Waals surface area contributed by atoms with Crippen molar-refractivity contribution < 1.29 is 13.9 Å². The van der Waals surface area contributed by atoms with E-state index in [-0.39, 0.29) is 5.97 Å². The Balaban J connectivity index is 2.04. The molecule has 0 unspecified atom stereocenters. The molecule has 2 aromatic heterocycles. The molecule has 2 aromatic rings. The van der Waals surface area contributed by atoms with E-state index in [0.29, 0.717) is 17.1 Å². The molecular weight excluding hydrogens is 272 g/mol. The van der Waals surface area contributed by atoms with Crippen LogP contribution in [0.15, 0.2) is 14.8 Å². The van der Waals surface area contributed by atoms with Gasteiger partial charge in [-0.25, -0.2) is 4.79 Å². The highest BCUT2D eigenvalue weighted by Crippen LogP contribution is 2.27. The molecule has 0 aromatic carbocycles. The molecule has 18 heavy (non-hydrogen) atoms. The minimum atomic E-state index is -0.376. The fraction of sp³-hybridized carbons (Fsp3) is 0.364. The maximum atomic E-state index is 11.4. The highest BCUT2D eigenvalue weighted by molar-refractivity contribution is 8.00. The third-order valence-corrected chi connectivity index (χ3v) is 4.21. The Morgan fingerprint density at radius 1 is 1.50 bits per heavy atom. The number of nitrogens with zero attached hydrogens (tertiary/aromatic N) is 2. The van der Waals surface area contributed by atoms with E-state index in [0.717, 1.165) is 15.1 Å². The second kappa shape index (κ2) is 5.53. The van der Waals surface area contributed by atoms with Crippen molar-refractivity contribution in [2.24, 2.45) is 0 Å². The van der Waals surface area contributed by atoms with Crippen LogP contribution in [0.25, 0.3) is 0 Å². The van der Waals surface area contributed by atoms with Crippen LogP contribution in [0.5, 0.6) is 0 Å². The van der Waals surface area contributed by atoms with Crippen LogP contribution < -0.4 is 0 Å². The van der Waals surface area contributed by atoms with Gasteiger partial charge in [0, 0.05) is 0 Å². The molecule has 96 valence electrons. The molecule has 0 aliphatic rings. The summed E-state index contributed by atoms with van der Waals surface area (Å²) >= 11 is 3.07. The molecule has 7 heteroatoms. The van der Waals surface area contributed by atoms with E-state index < -0.39 is 0 Å². The summed E-state index contributed by atoms with van der Waals surface area (Å²) in [6, 6.07) is 1.71. The topological polar surface area (TPSA) is 65.2 Å². The number of rotatable bonds is 4. The molecule has 0 spiro atoms. The number of furan rings is 1. The summed E-state index contributed by atoms with van der Waals surface area (Å²) < 4.78 is 11.1. The Kier molecular flexibility index (Phi) is 4.03. The fourth-order valence-corrected chi connectivity index (χ4v) is 3.09. The molecule has 0 fully saturated rings. The second-order valence-corrected chi connectivity index (χ2v) is 5.95. The molecular formula is C11H12N2O3S2. The Bertz CT molecular complexity index is 562. The lowest BCUT2D eigenvalue weighted by molar-refractivity contribution is 0.0599. The lowest BCUT2D eigenvalue weighted by Gasteiger charge is -1.93. The van der Waals surface area contributed by atoms with E-state index in [9.17, 15) is 4.79 Å². The lowest BCUT2D eigenvalue weighted by atomic mass is 10.2. The van der Waals surface area contributed by atoms with Crippen LogP contribution in [0, 0.1) is 13.8 Å². The van der Waals surface area contributed by atoms with Crippen molar-refractivity contribution in [2.75, 3.05) is 7.11 Å². The van der Waals surface area contributed by atoms with Gasteiger partial charge >= 0.3 is 5.97 Å². The average molecular weight is 284 g/mol. The number of aryl methyl sites for hydroxylation is 2.